The summed E-state index contributed by atoms with van der Waals surface area (Å²) in [7, 11) is 0. The molecule has 0 saturated heterocycles. The van der Waals surface area contributed by atoms with Crippen molar-refractivity contribution in [2.45, 2.75) is 83.0 Å². The lowest BCUT2D eigenvalue weighted by atomic mass is 9.45. The molecule has 0 heterocycles. The first-order valence-corrected chi connectivity index (χ1v) is 14.9. The number of amides is 1. The maximum absolute atomic E-state index is 12.6. The highest BCUT2D eigenvalue weighted by Gasteiger charge is 2.68. The Bertz CT molecular complexity index is 1280. The van der Waals surface area contributed by atoms with Crippen LogP contribution in [0, 0.1) is 28.6 Å². The van der Waals surface area contributed by atoms with Gasteiger partial charge < -0.3 is 30.6 Å². The van der Waals surface area contributed by atoms with Crippen molar-refractivity contribution in [2.24, 2.45) is 33.7 Å². The van der Waals surface area contributed by atoms with Gasteiger partial charge in [-0.3, -0.25) is 9.59 Å². The predicted octanol–water partition coefficient (Wildman–Crippen LogP) is 2.40. The summed E-state index contributed by atoms with van der Waals surface area (Å²) in [4.78, 5) is 42.0. The normalized spacial score (nSPS) is 37.1. The van der Waals surface area contributed by atoms with Gasteiger partial charge in [-0.15, -0.1) is 0 Å². The summed E-state index contributed by atoms with van der Waals surface area (Å²) in [6, 6.07) is 7.99. The van der Waals surface area contributed by atoms with E-state index in [2.05, 4.69) is 17.4 Å². The summed E-state index contributed by atoms with van der Waals surface area (Å²) >= 11 is 0. The Labute approximate surface area is 245 Å². The molecule has 0 aliphatic heterocycles. The second-order valence-corrected chi connectivity index (χ2v) is 13.1. The molecule has 5 N–H and O–H groups in total. The standard InChI is InChI=1S/C32H42N2O8/c1-30-12-10-21(34-42-18-27(38)33-24(29(39)40)14-19-6-4-3-5-7-19)15-20(30)8-9-22-23-11-13-32(41,26(37)17-35)31(23,2)16-25(36)28(22)30/h3-7,15,22-25,28,35-36,41H,8-14,16-18H2,1-2H3,(H,33,38)(H,39,40)/b34-21+/t22?,23?,24?,25?,28?,30-,31-,32-/m0/s1. The van der Waals surface area contributed by atoms with Crippen molar-refractivity contribution >= 4 is 23.4 Å². The van der Waals surface area contributed by atoms with Crippen LogP contribution in [0.2, 0.25) is 0 Å². The maximum Gasteiger partial charge on any atom is 0.326 e. The first-order valence-electron chi connectivity index (χ1n) is 14.9. The molecule has 5 rings (SSSR count). The number of nitrogens with zero attached hydrogens (tertiary/aromatic N) is 1. The number of ketones is 1. The number of hydrogen-bond donors (Lipinski definition) is 5. The zero-order valence-corrected chi connectivity index (χ0v) is 24.3. The molecule has 228 valence electrons. The molecule has 4 aliphatic carbocycles. The number of rotatable bonds is 9. The van der Waals surface area contributed by atoms with Crippen LogP contribution in [-0.4, -0.2) is 74.8 Å². The lowest BCUT2D eigenvalue weighted by molar-refractivity contribution is -0.181. The van der Waals surface area contributed by atoms with Crippen molar-refractivity contribution in [3.8, 4) is 0 Å². The number of aliphatic hydroxyl groups excluding tert-OH is 2. The molecule has 8 atom stereocenters. The Morgan fingerprint density at radius 1 is 1.12 bits per heavy atom. The van der Waals surface area contributed by atoms with Gasteiger partial charge in [-0.05, 0) is 79.8 Å². The fourth-order valence-corrected chi connectivity index (χ4v) is 8.82. The van der Waals surface area contributed by atoms with Crippen LogP contribution in [-0.2, 0) is 25.6 Å². The van der Waals surface area contributed by atoms with E-state index in [1.54, 1.807) is 12.1 Å². The van der Waals surface area contributed by atoms with E-state index in [0.717, 1.165) is 24.8 Å². The fourth-order valence-electron chi connectivity index (χ4n) is 8.82. The number of carboxylic acid groups (broad SMARTS) is 1. The van der Waals surface area contributed by atoms with E-state index >= 15 is 0 Å². The van der Waals surface area contributed by atoms with E-state index in [4.69, 9.17) is 4.84 Å². The summed E-state index contributed by atoms with van der Waals surface area (Å²) in [5.74, 6) is -2.04. The number of benzene rings is 1. The molecule has 0 spiro atoms. The summed E-state index contributed by atoms with van der Waals surface area (Å²) in [6.07, 6.45) is 5.74. The van der Waals surface area contributed by atoms with Gasteiger partial charge in [-0.1, -0.05) is 54.9 Å². The number of Topliss-reactive ketones (excluding diaryl/α,β-unsaturated/α-hetero) is 1. The number of hydrogen-bond acceptors (Lipinski definition) is 8. The van der Waals surface area contributed by atoms with Gasteiger partial charge >= 0.3 is 5.97 Å². The van der Waals surface area contributed by atoms with Gasteiger partial charge in [-0.25, -0.2) is 4.79 Å². The van der Waals surface area contributed by atoms with Gasteiger partial charge in [0.15, 0.2) is 12.4 Å². The molecule has 42 heavy (non-hydrogen) atoms. The molecule has 0 radical (unpaired) electrons. The topological polar surface area (TPSA) is 166 Å². The van der Waals surface area contributed by atoms with E-state index < -0.39 is 54.0 Å². The van der Waals surface area contributed by atoms with Crippen LogP contribution < -0.4 is 5.32 Å². The lowest BCUT2D eigenvalue weighted by Crippen LogP contribution is -2.62. The summed E-state index contributed by atoms with van der Waals surface area (Å²) < 4.78 is 0. The highest BCUT2D eigenvalue weighted by molar-refractivity contribution is 5.96. The van der Waals surface area contributed by atoms with Crippen molar-refractivity contribution in [1.82, 2.24) is 5.32 Å². The second kappa shape index (κ2) is 11.5. The highest BCUT2D eigenvalue weighted by Crippen LogP contribution is 2.67. The Kier molecular flexibility index (Phi) is 8.35. The average molecular weight is 583 g/mol. The third-order valence-corrected chi connectivity index (χ3v) is 11.0. The summed E-state index contributed by atoms with van der Waals surface area (Å²) in [6.45, 7) is 2.99. The molecule has 1 aromatic carbocycles. The molecule has 3 fully saturated rings. The number of allylic oxidation sites excluding steroid dienone is 2. The average Bonchev–Trinajstić information content (AvgIpc) is 3.23. The maximum atomic E-state index is 12.6. The van der Waals surface area contributed by atoms with E-state index in [-0.39, 0.29) is 29.6 Å². The minimum Gasteiger partial charge on any atom is -0.480 e. The number of carbonyl (C=O) groups excluding carboxylic acids is 2. The molecule has 0 aromatic heterocycles. The van der Waals surface area contributed by atoms with E-state index in [1.165, 1.54) is 5.57 Å². The SMILES string of the molecule is C[C@]12CC/C(=N\OCC(=O)NC(Cc3ccccc3)C(=O)O)C=C1CCC1C2C(O)C[C@@]2(C)C1CC[C@]2(O)C(=O)CO. The van der Waals surface area contributed by atoms with Gasteiger partial charge in [0.2, 0.25) is 0 Å². The molecule has 0 bridgehead atoms. The monoisotopic (exact) mass is 582 g/mol. The minimum absolute atomic E-state index is 0.0204. The van der Waals surface area contributed by atoms with Crippen molar-refractivity contribution in [2.75, 3.05) is 13.2 Å². The third-order valence-electron chi connectivity index (χ3n) is 11.0. The largest absolute Gasteiger partial charge is 0.480 e. The number of nitrogens with one attached hydrogen (secondary N) is 1. The number of oxime groups is 1. The molecule has 1 aromatic rings. The smallest absolute Gasteiger partial charge is 0.326 e. The Morgan fingerprint density at radius 3 is 2.55 bits per heavy atom. The highest BCUT2D eigenvalue weighted by atomic mass is 16.6. The Morgan fingerprint density at radius 2 is 1.86 bits per heavy atom. The molecular formula is C32H42N2O8. The number of aliphatic hydroxyl groups is 3. The number of carboxylic acids is 1. The molecule has 4 aliphatic rings. The van der Waals surface area contributed by atoms with Gasteiger partial charge in [-0.2, -0.15) is 0 Å². The summed E-state index contributed by atoms with van der Waals surface area (Å²) in [5, 5.41) is 48.7. The zero-order chi connectivity index (χ0) is 30.3. The number of carbonyl (C=O) groups is 3. The van der Waals surface area contributed by atoms with Crippen LogP contribution in [0.15, 0.2) is 47.1 Å². The quantitative estimate of drug-likeness (QED) is 0.277. The van der Waals surface area contributed by atoms with Gasteiger partial charge in [0, 0.05) is 11.8 Å². The molecular weight excluding hydrogens is 540 g/mol. The van der Waals surface area contributed by atoms with Gasteiger partial charge in [0.1, 0.15) is 18.2 Å². The first kappa shape index (κ1) is 30.4. The Balaban J connectivity index is 1.23. The molecule has 10 heteroatoms. The fraction of sp³-hybridized carbons (Fsp3) is 0.625. The number of fused-ring (bicyclic) bond motifs is 5. The first-order chi connectivity index (χ1) is 19.9. The van der Waals surface area contributed by atoms with Crippen LogP contribution in [0.3, 0.4) is 0 Å². The second-order valence-electron chi connectivity index (χ2n) is 13.1. The molecule has 3 saturated carbocycles. The van der Waals surface area contributed by atoms with E-state index in [9.17, 15) is 34.8 Å². The van der Waals surface area contributed by atoms with Crippen LogP contribution in [0.1, 0.15) is 64.4 Å². The van der Waals surface area contributed by atoms with Crippen molar-refractivity contribution in [1.29, 1.82) is 0 Å². The predicted molar refractivity (Wildman–Crippen MR) is 153 cm³/mol. The third kappa shape index (κ3) is 5.18. The minimum atomic E-state index is -1.61. The van der Waals surface area contributed by atoms with Crippen LogP contribution in [0.25, 0.3) is 0 Å². The van der Waals surface area contributed by atoms with Gasteiger partial charge in [0.05, 0.1) is 11.8 Å². The zero-order valence-electron chi connectivity index (χ0n) is 24.3. The van der Waals surface area contributed by atoms with Gasteiger partial charge in [0.25, 0.3) is 5.91 Å². The molecule has 1 amide bonds. The van der Waals surface area contributed by atoms with Crippen LogP contribution >= 0.6 is 0 Å². The van der Waals surface area contributed by atoms with Crippen LogP contribution in [0.4, 0.5) is 0 Å². The van der Waals surface area contributed by atoms with E-state index in [0.29, 0.717) is 31.4 Å². The molecule has 5 unspecified atom stereocenters. The number of aliphatic carboxylic acids is 1. The van der Waals surface area contributed by atoms with Crippen molar-refractivity contribution in [3.05, 3.63) is 47.5 Å². The van der Waals surface area contributed by atoms with Crippen molar-refractivity contribution < 1.29 is 39.6 Å². The Hall–Kier alpha value is -3.08. The lowest BCUT2D eigenvalue weighted by Gasteiger charge is -2.60. The van der Waals surface area contributed by atoms with Crippen molar-refractivity contribution in [3.63, 3.8) is 0 Å². The van der Waals surface area contributed by atoms with E-state index in [1.807, 2.05) is 31.2 Å². The summed E-state index contributed by atoms with van der Waals surface area (Å²) in [5.41, 5.74) is 0.0184. The molecule has 10 nitrogen and oxygen atoms in total. The van der Waals surface area contributed by atoms with Crippen LogP contribution in [0.5, 0.6) is 0 Å².